The number of amides is 2. The van der Waals surface area contributed by atoms with Crippen molar-refractivity contribution in [2.45, 2.75) is 38.5 Å². The fraction of sp³-hybridized carbons (Fsp3) is 0.619. The molecule has 0 spiro atoms. The van der Waals surface area contributed by atoms with Crippen molar-refractivity contribution < 1.29 is 19.1 Å². The number of ether oxygens (including phenoxy) is 2. The van der Waals surface area contributed by atoms with Crippen molar-refractivity contribution in [3.05, 3.63) is 24.3 Å². The molecule has 6 heteroatoms. The topological polar surface area (TPSA) is 59.1 Å². The molecule has 0 aromatic heterocycles. The zero-order valence-corrected chi connectivity index (χ0v) is 16.2. The van der Waals surface area contributed by atoms with Crippen molar-refractivity contribution >= 4 is 11.8 Å². The molecular formula is C21H30N2O4. The number of carbonyl (C=O) groups is 2. The van der Waals surface area contributed by atoms with Crippen molar-refractivity contribution in [2.75, 3.05) is 39.9 Å². The van der Waals surface area contributed by atoms with E-state index in [2.05, 4.69) is 0 Å². The Bertz CT molecular complexity index is 649. The standard InChI is InChI=1S/C21H30N2O4/c1-26-18-8-5-9-19(13-18)27-16-17-7-6-12-22(14-17)21(25)15-23-11-4-2-3-10-20(23)24/h5,8-9,13,17H,2-4,6-7,10-12,14-16H2,1H3. The van der Waals surface area contributed by atoms with Gasteiger partial charge in [0, 0.05) is 38.0 Å². The predicted molar refractivity (Wildman–Crippen MR) is 103 cm³/mol. The fourth-order valence-corrected chi connectivity index (χ4v) is 3.80. The van der Waals surface area contributed by atoms with Gasteiger partial charge in [-0.05, 0) is 37.8 Å². The van der Waals surface area contributed by atoms with E-state index in [-0.39, 0.29) is 18.4 Å². The minimum atomic E-state index is 0.0660. The maximum absolute atomic E-state index is 12.7. The van der Waals surface area contributed by atoms with E-state index >= 15 is 0 Å². The molecule has 3 rings (SSSR count). The van der Waals surface area contributed by atoms with Crippen molar-refractivity contribution in [1.29, 1.82) is 0 Å². The van der Waals surface area contributed by atoms with E-state index in [0.29, 0.717) is 32.0 Å². The van der Waals surface area contributed by atoms with Crippen LogP contribution >= 0.6 is 0 Å². The van der Waals surface area contributed by atoms with Gasteiger partial charge in [-0.15, -0.1) is 0 Å². The lowest BCUT2D eigenvalue weighted by atomic mass is 9.99. The number of methoxy groups -OCH3 is 1. The minimum absolute atomic E-state index is 0.0660. The maximum Gasteiger partial charge on any atom is 0.242 e. The van der Waals surface area contributed by atoms with E-state index in [9.17, 15) is 9.59 Å². The van der Waals surface area contributed by atoms with Gasteiger partial charge in [0.25, 0.3) is 0 Å². The third-order valence-corrected chi connectivity index (χ3v) is 5.40. The molecule has 148 valence electrons. The summed E-state index contributed by atoms with van der Waals surface area (Å²) in [5.41, 5.74) is 0. The molecule has 1 aromatic carbocycles. The van der Waals surface area contributed by atoms with Gasteiger partial charge in [-0.1, -0.05) is 12.5 Å². The number of rotatable bonds is 6. The minimum Gasteiger partial charge on any atom is -0.497 e. The summed E-state index contributed by atoms with van der Waals surface area (Å²) in [7, 11) is 1.64. The van der Waals surface area contributed by atoms with Crippen LogP contribution < -0.4 is 9.47 Å². The lowest BCUT2D eigenvalue weighted by Crippen LogP contribution is -2.47. The Balaban J connectivity index is 1.49. The van der Waals surface area contributed by atoms with E-state index in [1.165, 1.54) is 0 Å². The first-order valence-electron chi connectivity index (χ1n) is 9.98. The van der Waals surface area contributed by atoms with Gasteiger partial charge < -0.3 is 19.3 Å². The molecule has 27 heavy (non-hydrogen) atoms. The number of piperidine rings is 1. The third-order valence-electron chi connectivity index (χ3n) is 5.40. The summed E-state index contributed by atoms with van der Waals surface area (Å²) in [6, 6.07) is 7.58. The molecule has 0 aliphatic carbocycles. The van der Waals surface area contributed by atoms with Crippen LogP contribution in [0, 0.1) is 5.92 Å². The lowest BCUT2D eigenvalue weighted by Gasteiger charge is -2.34. The second-order valence-corrected chi connectivity index (χ2v) is 7.46. The van der Waals surface area contributed by atoms with Crippen LogP contribution in [0.2, 0.25) is 0 Å². The van der Waals surface area contributed by atoms with Gasteiger partial charge in [0.05, 0.1) is 20.3 Å². The fourth-order valence-electron chi connectivity index (χ4n) is 3.80. The normalized spacial score (nSPS) is 20.9. The van der Waals surface area contributed by atoms with E-state index in [4.69, 9.17) is 9.47 Å². The van der Waals surface area contributed by atoms with Crippen molar-refractivity contribution in [2.24, 2.45) is 5.92 Å². The van der Waals surface area contributed by atoms with Crippen LogP contribution in [-0.2, 0) is 9.59 Å². The summed E-state index contributed by atoms with van der Waals surface area (Å²) in [6.45, 7) is 2.99. The Hall–Kier alpha value is -2.24. The number of benzene rings is 1. The number of hydrogen-bond donors (Lipinski definition) is 0. The Morgan fingerprint density at radius 1 is 1.15 bits per heavy atom. The van der Waals surface area contributed by atoms with Gasteiger partial charge in [-0.2, -0.15) is 0 Å². The molecule has 1 atom stereocenters. The highest BCUT2D eigenvalue weighted by molar-refractivity contribution is 5.85. The van der Waals surface area contributed by atoms with Gasteiger partial charge in [0.2, 0.25) is 11.8 Å². The average Bonchev–Trinajstić information content (AvgIpc) is 2.91. The molecule has 0 bridgehead atoms. The monoisotopic (exact) mass is 374 g/mol. The Morgan fingerprint density at radius 3 is 2.85 bits per heavy atom. The highest BCUT2D eigenvalue weighted by Crippen LogP contribution is 2.22. The SMILES string of the molecule is COc1cccc(OCC2CCCN(C(=O)CN3CCCCCC3=O)C2)c1. The van der Waals surface area contributed by atoms with E-state index in [1.807, 2.05) is 29.2 Å². The largest absolute Gasteiger partial charge is 0.497 e. The van der Waals surface area contributed by atoms with Crippen molar-refractivity contribution in [1.82, 2.24) is 9.80 Å². The first-order valence-corrected chi connectivity index (χ1v) is 9.98. The molecule has 0 radical (unpaired) electrons. The molecular weight excluding hydrogens is 344 g/mol. The van der Waals surface area contributed by atoms with Gasteiger partial charge in [-0.3, -0.25) is 9.59 Å². The second kappa shape index (κ2) is 9.62. The molecule has 2 aliphatic heterocycles. The van der Waals surface area contributed by atoms with Crippen LogP contribution in [0.4, 0.5) is 0 Å². The van der Waals surface area contributed by atoms with Crippen LogP contribution in [0.15, 0.2) is 24.3 Å². The predicted octanol–water partition coefficient (Wildman–Crippen LogP) is 2.72. The van der Waals surface area contributed by atoms with E-state index < -0.39 is 0 Å². The Labute approximate surface area is 161 Å². The molecule has 0 N–H and O–H groups in total. The number of carbonyl (C=O) groups excluding carboxylic acids is 2. The van der Waals surface area contributed by atoms with Gasteiger partial charge in [0.1, 0.15) is 11.5 Å². The zero-order valence-electron chi connectivity index (χ0n) is 16.2. The molecule has 6 nitrogen and oxygen atoms in total. The maximum atomic E-state index is 12.7. The summed E-state index contributed by atoms with van der Waals surface area (Å²) in [4.78, 5) is 28.5. The number of hydrogen-bond acceptors (Lipinski definition) is 4. The van der Waals surface area contributed by atoms with Crippen LogP contribution in [0.25, 0.3) is 0 Å². The highest BCUT2D eigenvalue weighted by atomic mass is 16.5. The number of nitrogens with zero attached hydrogens (tertiary/aromatic N) is 2. The molecule has 2 aliphatic rings. The summed E-state index contributed by atoms with van der Waals surface area (Å²) >= 11 is 0. The van der Waals surface area contributed by atoms with Crippen LogP contribution in [0.1, 0.15) is 38.5 Å². The average molecular weight is 374 g/mol. The van der Waals surface area contributed by atoms with Crippen LogP contribution in [-0.4, -0.2) is 61.5 Å². The summed E-state index contributed by atoms with van der Waals surface area (Å²) in [6.07, 6.45) is 5.61. The van der Waals surface area contributed by atoms with Crippen molar-refractivity contribution in [3.63, 3.8) is 0 Å². The first-order chi connectivity index (χ1) is 13.2. The van der Waals surface area contributed by atoms with Crippen molar-refractivity contribution in [3.8, 4) is 11.5 Å². The van der Waals surface area contributed by atoms with Gasteiger partial charge >= 0.3 is 0 Å². The van der Waals surface area contributed by atoms with Gasteiger partial charge in [-0.25, -0.2) is 0 Å². The molecule has 1 unspecified atom stereocenters. The van der Waals surface area contributed by atoms with E-state index in [0.717, 1.165) is 50.1 Å². The molecule has 2 fully saturated rings. The van der Waals surface area contributed by atoms with E-state index in [1.54, 1.807) is 12.0 Å². The summed E-state index contributed by atoms with van der Waals surface area (Å²) in [5.74, 6) is 2.06. The zero-order chi connectivity index (χ0) is 19.1. The molecule has 1 aromatic rings. The quantitative estimate of drug-likeness (QED) is 0.768. The molecule has 2 amide bonds. The highest BCUT2D eigenvalue weighted by Gasteiger charge is 2.27. The van der Waals surface area contributed by atoms with Gasteiger partial charge in [0.15, 0.2) is 0 Å². The summed E-state index contributed by atoms with van der Waals surface area (Å²) in [5, 5.41) is 0. The molecule has 2 heterocycles. The smallest absolute Gasteiger partial charge is 0.242 e. The molecule has 0 saturated carbocycles. The third kappa shape index (κ3) is 5.62. The second-order valence-electron chi connectivity index (χ2n) is 7.46. The first kappa shape index (κ1) is 19.5. The molecule has 2 saturated heterocycles. The number of likely N-dealkylation sites (tertiary alicyclic amines) is 2. The van der Waals surface area contributed by atoms with Crippen LogP contribution in [0.3, 0.4) is 0 Å². The Morgan fingerprint density at radius 2 is 2.00 bits per heavy atom. The Kier molecular flexibility index (Phi) is 6.96. The lowest BCUT2D eigenvalue weighted by molar-refractivity contribution is -0.141. The summed E-state index contributed by atoms with van der Waals surface area (Å²) < 4.78 is 11.1. The van der Waals surface area contributed by atoms with Crippen LogP contribution in [0.5, 0.6) is 11.5 Å².